The average molecular weight is 272 g/mol. The maximum Gasteiger partial charge on any atom is 0.321 e. The van der Waals surface area contributed by atoms with Crippen molar-refractivity contribution in [2.75, 3.05) is 0 Å². The molecule has 18 heavy (non-hydrogen) atoms. The van der Waals surface area contributed by atoms with Gasteiger partial charge in [0, 0.05) is 10.8 Å². The molecule has 3 N–H and O–H groups in total. The maximum absolute atomic E-state index is 10.9. The summed E-state index contributed by atoms with van der Waals surface area (Å²) in [6.07, 6.45) is 1.51. The minimum absolute atomic E-state index is 0.236. The molecule has 7 heteroatoms. The van der Waals surface area contributed by atoms with E-state index in [0.29, 0.717) is 5.75 Å². The van der Waals surface area contributed by atoms with E-state index in [0.717, 1.165) is 5.82 Å². The van der Waals surface area contributed by atoms with E-state index >= 15 is 0 Å². The minimum Gasteiger partial charge on any atom is -0.480 e. The number of nitrogens with zero attached hydrogens (tertiary/aromatic N) is 3. The molecule has 102 valence electrons. The molecule has 1 heterocycles. The van der Waals surface area contributed by atoms with Crippen LogP contribution >= 0.6 is 11.8 Å². The Hall–Kier alpha value is -1.08. The molecule has 1 rings (SSSR count). The van der Waals surface area contributed by atoms with E-state index in [4.69, 9.17) is 10.8 Å². The molecular weight excluding hydrogens is 252 g/mol. The van der Waals surface area contributed by atoms with Gasteiger partial charge in [0.15, 0.2) is 0 Å². The smallest absolute Gasteiger partial charge is 0.321 e. The number of carboxylic acid groups (broad SMARTS) is 1. The van der Waals surface area contributed by atoms with Crippen molar-refractivity contribution >= 4 is 17.7 Å². The van der Waals surface area contributed by atoms with Crippen LogP contribution in [0.1, 0.15) is 39.6 Å². The number of carboxylic acids is 1. The summed E-state index contributed by atoms with van der Waals surface area (Å²) in [5, 5.41) is 13.1. The number of hydrogen-bond acceptors (Lipinski definition) is 5. The third kappa shape index (κ3) is 3.46. The number of aromatic nitrogens is 3. The molecule has 0 fully saturated rings. The Kier molecular flexibility index (Phi) is 4.75. The van der Waals surface area contributed by atoms with Crippen LogP contribution in [0.2, 0.25) is 0 Å². The third-order valence-electron chi connectivity index (χ3n) is 2.72. The molecule has 1 atom stereocenters. The number of aliphatic carboxylic acids is 1. The fraction of sp³-hybridized carbons (Fsp3) is 0.727. The summed E-state index contributed by atoms with van der Waals surface area (Å²) >= 11 is 1.48. The van der Waals surface area contributed by atoms with Gasteiger partial charge in [0.25, 0.3) is 0 Å². The molecule has 0 saturated heterocycles. The van der Waals surface area contributed by atoms with Crippen molar-refractivity contribution in [3.63, 3.8) is 0 Å². The van der Waals surface area contributed by atoms with Gasteiger partial charge in [0.05, 0.1) is 5.75 Å². The summed E-state index contributed by atoms with van der Waals surface area (Å²) < 4.78 is 1.27. The summed E-state index contributed by atoms with van der Waals surface area (Å²) in [7, 11) is 0. The Morgan fingerprint density at radius 2 is 2.22 bits per heavy atom. The van der Waals surface area contributed by atoms with Crippen LogP contribution in [0.3, 0.4) is 0 Å². The number of rotatable bonds is 6. The second-order valence-corrected chi connectivity index (χ2v) is 6.55. The monoisotopic (exact) mass is 272 g/mol. The number of hydrogen-bond donors (Lipinski definition) is 2. The maximum atomic E-state index is 10.9. The Morgan fingerprint density at radius 1 is 1.61 bits per heavy atom. The quantitative estimate of drug-likeness (QED) is 0.810. The summed E-state index contributed by atoms with van der Waals surface area (Å²) in [5.74, 6) is 0.435. The molecule has 0 aliphatic carbocycles. The molecule has 6 nitrogen and oxygen atoms in total. The lowest BCUT2D eigenvalue weighted by Crippen LogP contribution is -2.46. The predicted octanol–water partition coefficient (Wildman–Crippen LogP) is 1.28. The van der Waals surface area contributed by atoms with Crippen LogP contribution in [0.25, 0.3) is 0 Å². The number of nitrogens with two attached hydrogens (primary N) is 1. The Labute approximate surface area is 111 Å². The molecule has 1 aromatic rings. The summed E-state index contributed by atoms with van der Waals surface area (Å²) in [4.78, 5) is 15.1. The number of thioether (sulfide) groups is 1. The van der Waals surface area contributed by atoms with Gasteiger partial charge in [-0.15, -0.1) is 11.8 Å². The van der Waals surface area contributed by atoms with Gasteiger partial charge in [-0.05, 0) is 27.7 Å². The zero-order valence-electron chi connectivity index (χ0n) is 11.1. The van der Waals surface area contributed by atoms with Crippen molar-refractivity contribution in [2.45, 2.75) is 50.3 Å². The SMILES string of the molecule is CC(C)n1ncnc1CSC(C)(C)[C@@H](N)C(=O)O. The molecule has 0 aromatic carbocycles. The minimum atomic E-state index is -0.988. The third-order valence-corrected chi connectivity index (χ3v) is 4.13. The standard InChI is InChI=1S/C11H20N4O2S/c1-7(2)15-8(13-6-14-15)5-18-11(3,4)9(12)10(16)17/h6-7,9H,5,12H2,1-4H3,(H,16,17)/t9-/m0/s1. The molecule has 0 spiro atoms. The van der Waals surface area contributed by atoms with Crippen molar-refractivity contribution in [1.29, 1.82) is 0 Å². The average Bonchev–Trinajstić information content (AvgIpc) is 2.73. The van der Waals surface area contributed by atoms with E-state index in [9.17, 15) is 4.79 Å². The Morgan fingerprint density at radius 3 is 2.72 bits per heavy atom. The first-order chi connectivity index (χ1) is 8.25. The summed E-state index contributed by atoms with van der Waals surface area (Å²) in [6.45, 7) is 7.70. The van der Waals surface area contributed by atoms with Crippen LogP contribution in [0.5, 0.6) is 0 Å². The molecule has 0 aliphatic rings. The van der Waals surface area contributed by atoms with E-state index in [-0.39, 0.29) is 6.04 Å². The zero-order valence-corrected chi connectivity index (χ0v) is 11.9. The van der Waals surface area contributed by atoms with Gasteiger partial charge < -0.3 is 10.8 Å². The normalized spacial score (nSPS) is 13.9. The van der Waals surface area contributed by atoms with Crippen LogP contribution in [-0.2, 0) is 10.5 Å². The summed E-state index contributed by atoms with van der Waals surface area (Å²) in [6, 6.07) is -0.669. The van der Waals surface area contributed by atoms with Crippen molar-refractivity contribution < 1.29 is 9.90 Å². The number of carbonyl (C=O) groups is 1. The first-order valence-corrected chi connectivity index (χ1v) is 6.75. The van der Waals surface area contributed by atoms with E-state index in [1.807, 2.05) is 32.4 Å². The van der Waals surface area contributed by atoms with Gasteiger partial charge in [-0.1, -0.05) is 0 Å². The molecule has 0 aliphatic heterocycles. The van der Waals surface area contributed by atoms with Crippen molar-refractivity contribution in [1.82, 2.24) is 14.8 Å². The van der Waals surface area contributed by atoms with Gasteiger partial charge in [-0.3, -0.25) is 4.79 Å². The van der Waals surface area contributed by atoms with E-state index in [2.05, 4.69) is 10.1 Å². The molecule has 0 amide bonds. The highest BCUT2D eigenvalue weighted by Crippen LogP contribution is 2.30. The van der Waals surface area contributed by atoms with Crippen LogP contribution in [0, 0.1) is 0 Å². The van der Waals surface area contributed by atoms with Crippen LogP contribution in [0.15, 0.2) is 6.33 Å². The highest BCUT2D eigenvalue weighted by molar-refractivity contribution is 7.99. The largest absolute Gasteiger partial charge is 0.480 e. The first-order valence-electron chi connectivity index (χ1n) is 5.76. The highest BCUT2D eigenvalue weighted by atomic mass is 32.2. The topological polar surface area (TPSA) is 94.0 Å². The van der Waals surface area contributed by atoms with Crippen LogP contribution < -0.4 is 5.73 Å². The first kappa shape index (κ1) is 15.0. The van der Waals surface area contributed by atoms with Crippen molar-refractivity contribution in [2.24, 2.45) is 5.73 Å². The molecule has 0 unspecified atom stereocenters. The van der Waals surface area contributed by atoms with Crippen molar-refractivity contribution in [3.8, 4) is 0 Å². The lowest BCUT2D eigenvalue weighted by Gasteiger charge is -2.27. The molecule has 0 radical (unpaired) electrons. The molecule has 0 saturated carbocycles. The van der Waals surface area contributed by atoms with Crippen LogP contribution in [-0.4, -0.2) is 36.6 Å². The lowest BCUT2D eigenvalue weighted by molar-refractivity contribution is -0.139. The van der Waals surface area contributed by atoms with Gasteiger partial charge in [-0.2, -0.15) is 5.10 Å². The predicted molar refractivity (Wildman–Crippen MR) is 71.4 cm³/mol. The molecule has 1 aromatic heterocycles. The fourth-order valence-electron chi connectivity index (χ4n) is 1.45. The van der Waals surface area contributed by atoms with E-state index in [1.165, 1.54) is 18.1 Å². The highest BCUT2D eigenvalue weighted by Gasteiger charge is 2.33. The second kappa shape index (κ2) is 5.71. The molecule has 0 bridgehead atoms. The van der Waals surface area contributed by atoms with Gasteiger partial charge >= 0.3 is 5.97 Å². The zero-order chi connectivity index (χ0) is 13.9. The van der Waals surface area contributed by atoms with Gasteiger partial charge in [-0.25, -0.2) is 9.67 Å². The Balaban J connectivity index is 2.70. The molecular formula is C11H20N4O2S. The van der Waals surface area contributed by atoms with E-state index < -0.39 is 16.8 Å². The second-order valence-electron chi connectivity index (χ2n) is 4.92. The summed E-state index contributed by atoms with van der Waals surface area (Å²) in [5.41, 5.74) is 5.67. The Bertz CT molecular complexity index is 417. The van der Waals surface area contributed by atoms with Gasteiger partial charge in [0.2, 0.25) is 0 Å². The fourth-order valence-corrected chi connectivity index (χ4v) is 2.43. The van der Waals surface area contributed by atoms with Crippen molar-refractivity contribution in [3.05, 3.63) is 12.2 Å². The van der Waals surface area contributed by atoms with Crippen LogP contribution in [0.4, 0.5) is 0 Å². The lowest BCUT2D eigenvalue weighted by atomic mass is 10.1. The van der Waals surface area contributed by atoms with Gasteiger partial charge in [0.1, 0.15) is 18.2 Å². The van der Waals surface area contributed by atoms with E-state index in [1.54, 1.807) is 0 Å².